The first-order valence-corrected chi connectivity index (χ1v) is 13.3. The second-order valence-electron chi connectivity index (χ2n) is 8.83. The fourth-order valence-corrected chi connectivity index (χ4v) is 6.51. The van der Waals surface area contributed by atoms with Crippen molar-refractivity contribution in [2.75, 3.05) is 18.9 Å². The zero-order valence-electron chi connectivity index (χ0n) is 19.1. The number of aliphatic carboxylic acids is 1. The van der Waals surface area contributed by atoms with Crippen molar-refractivity contribution in [2.24, 2.45) is 0 Å². The maximum Gasteiger partial charge on any atom is 0.407 e. The van der Waals surface area contributed by atoms with E-state index in [2.05, 4.69) is 10.6 Å². The second-order valence-corrected chi connectivity index (χ2v) is 11.2. The number of hydrogen-bond donors (Lipinski definition) is 3. The molecule has 2 aliphatic rings. The summed E-state index contributed by atoms with van der Waals surface area (Å²) in [5.74, 6) is -1.82. The number of alkyl carbamates (subject to hydrolysis) is 1. The number of rotatable bonds is 9. The van der Waals surface area contributed by atoms with Crippen molar-refractivity contribution in [3.8, 4) is 11.1 Å². The average molecular weight is 501 g/mol. The van der Waals surface area contributed by atoms with Gasteiger partial charge in [-0.15, -0.1) is 0 Å². The van der Waals surface area contributed by atoms with Crippen LogP contribution in [0, 0.1) is 0 Å². The van der Waals surface area contributed by atoms with Gasteiger partial charge >= 0.3 is 12.1 Å². The molecule has 3 N–H and O–H groups in total. The lowest BCUT2D eigenvalue weighted by atomic mass is 9.98. The minimum absolute atomic E-state index is 0.0491. The third-order valence-electron chi connectivity index (χ3n) is 6.57. The predicted molar refractivity (Wildman–Crippen MR) is 129 cm³/mol. The third-order valence-corrected chi connectivity index (χ3v) is 8.84. The molecule has 0 bridgehead atoms. The molecule has 0 radical (unpaired) electrons. The van der Waals surface area contributed by atoms with Crippen LogP contribution in [0.3, 0.4) is 0 Å². The number of hydrogen-bond acceptors (Lipinski definition) is 6. The zero-order chi connectivity index (χ0) is 25.0. The van der Waals surface area contributed by atoms with Crippen LogP contribution in [0.4, 0.5) is 4.79 Å². The van der Waals surface area contributed by atoms with Gasteiger partial charge in [-0.05, 0) is 41.5 Å². The fourth-order valence-electron chi connectivity index (χ4n) is 4.74. The van der Waals surface area contributed by atoms with Crippen LogP contribution in [0.15, 0.2) is 48.5 Å². The molecule has 2 atom stereocenters. The standard InChI is InChI=1S/C25H28N2O7S/c28-23(29)12-11-22(24(30)26-14-16-6-5-13-35(16,32)33)27-25(31)34-15-21-19-9-3-1-7-17(19)18-8-2-4-10-20(18)21/h1-4,7-10,16,21-22H,5-6,11-15H2,(H,26,30)(H,27,31)(H,28,29). The molecule has 1 fully saturated rings. The van der Waals surface area contributed by atoms with Crippen LogP contribution in [-0.4, -0.2) is 61.7 Å². The first kappa shape index (κ1) is 24.7. The van der Waals surface area contributed by atoms with E-state index in [9.17, 15) is 22.8 Å². The first-order valence-electron chi connectivity index (χ1n) is 11.6. The summed E-state index contributed by atoms with van der Waals surface area (Å²) in [6.07, 6.45) is -0.330. The van der Waals surface area contributed by atoms with E-state index < -0.39 is 39.1 Å². The van der Waals surface area contributed by atoms with Gasteiger partial charge in [0.15, 0.2) is 9.84 Å². The molecule has 186 valence electrons. The number of benzene rings is 2. The Hall–Kier alpha value is -3.40. The highest BCUT2D eigenvalue weighted by Gasteiger charge is 2.33. The monoisotopic (exact) mass is 500 g/mol. The average Bonchev–Trinajstić information content (AvgIpc) is 3.34. The number of ether oxygens (including phenoxy) is 1. The van der Waals surface area contributed by atoms with Gasteiger partial charge in [0, 0.05) is 18.9 Å². The normalized spacial score (nSPS) is 18.8. The van der Waals surface area contributed by atoms with Crippen LogP contribution in [0.2, 0.25) is 0 Å². The molecular weight excluding hydrogens is 472 g/mol. The van der Waals surface area contributed by atoms with E-state index in [4.69, 9.17) is 9.84 Å². The van der Waals surface area contributed by atoms with E-state index in [1.165, 1.54) is 0 Å². The van der Waals surface area contributed by atoms with Gasteiger partial charge in [0.1, 0.15) is 12.6 Å². The van der Waals surface area contributed by atoms with Gasteiger partial charge in [0.25, 0.3) is 0 Å². The molecule has 1 aliphatic carbocycles. The number of nitrogens with one attached hydrogen (secondary N) is 2. The van der Waals surface area contributed by atoms with Gasteiger partial charge in [-0.2, -0.15) is 0 Å². The van der Waals surface area contributed by atoms with Crippen molar-refractivity contribution in [2.45, 2.75) is 42.9 Å². The maximum absolute atomic E-state index is 12.7. The second kappa shape index (κ2) is 10.5. The van der Waals surface area contributed by atoms with E-state index in [-0.39, 0.29) is 37.7 Å². The molecule has 0 aromatic heterocycles. The topological polar surface area (TPSA) is 139 Å². The van der Waals surface area contributed by atoms with Gasteiger partial charge in [-0.25, -0.2) is 13.2 Å². The first-order chi connectivity index (χ1) is 16.8. The molecule has 2 unspecified atom stereocenters. The number of fused-ring (bicyclic) bond motifs is 3. The Balaban J connectivity index is 1.38. The summed E-state index contributed by atoms with van der Waals surface area (Å²) in [7, 11) is -3.25. The smallest absolute Gasteiger partial charge is 0.407 e. The predicted octanol–water partition coefficient (Wildman–Crippen LogP) is 2.45. The highest BCUT2D eigenvalue weighted by atomic mass is 32.2. The van der Waals surface area contributed by atoms with Gasteiger partial charge in [-0.1, -0.05) is 48.5 Å². The quantitative estimate of drug-likeness (QED) is 0.481. The molecule has 0 saturated carbocycles. The Labute approximate surface area is 203 Å². The molecule has 9 nitrogen and oxygen atoms in total. The number of sulfone groups is 1. The molecule has 2 amide bonds. The van der Waals surface area contributed by atoms with Gasteiger partial charge in [0.2, 0.25) is 5.91 Å². The number of carboxylic acid groups (broad SMARTS) is 1. The Kier molecular flexibility index (Phi) is 7.39. The molecule has 35 heavy (non-hydrogen) atoms. The molecule has 1 saturated heterocycles. The molecule has 2 aromatic rings. The molecule has 1 heterocycles. The molecule has 10 heteroatoms. The van der Waals surface area contributed by atoms with Crippen LogP contribution >= 0.6 is 0 Å². The SMILES string of the molecule is O=C(O)CCC(NC(=O)OCC1c2ccccc2-c2ccccc21)C(=O)NCC1CCCS1(=O)=O. The molecule has 2 aromatic carbocycles. The van der Waals surface area contributed by atoms with Gasteiger partial charge in [-0.3, -0.25) is 9.59 Å². The molecule has 0 spiro atoms. The minimum Gasteiger partial charge on any atom is -0.481 e. The van der Waals surface area contributed by atoms with E-state index in [0.717, 1.165) is 22.3 Å². The van der Waals surface area contributed by atoms with Crippen molar-refractivity contribution >= 4 is 27.8 Å². The summed E-state index contributed by atoms with van der Waals surface area (Å²) in [5, 5.41) is 13.4. The summed E-state index contributed by atoms with van der Waals surface area (Å²) >= 11 is 0. The van der Waals surface area contributed by atoms with Crippen molar-refractivity contribution < 1.29 is 32.6 Å². The Bertz CT molecular complexity index is 1180. The summed E-state index contributed by atoms with van der Waals surface area (Å²) in [6, 6.07) is 14.6. The van der Waals surface area contributed by atoms with Crippen molar-refractivity contribution in [3.63, 3.8) is 0 Å². The van der Waals surface area contributed by atoms with Gasteiger partial charge < -0.3 is 20.5 Å². The Morgan fingerprint density at radius 1 is 1.03 bits per heavy atom. The summed E-state index contributed by atoms with van der Waals surface area (Å²) in [5.41, 5.74) is 4.24. The van der Waals surface area contributed by atoms with E-state index in [1.54, 1.807) is 0 Å². The lowest BCUT2D eigenvalue weighted by molar-refractivity contribution is -0.137. The van der Waals surface area contributed by atoms with E-state index in [0.29, 0.717) is 12.8 Å². The van der Waals surface area contributed by atoms with Crippen molar-refractivity contribution in [3.05, 3.63) is 59.7 Å². The summed E-state index contributed by atoms with van der Waals surface area (Å²) in [4.78, 5) is 36.3. The largest absolute Gasteiger partial charge is 0.481 e. The maximum atomic E-state index is 12.7. The van der Waals surface area contributed by atoms with Crippen LogP contribution in [-0.2, 0) is 24.2 Å². The van der Waals surface area contributed by atoms with Crippen LogP contribution in [0.25, 0.3) is 11.1 Å². The minimum atomic E-state index is -3.25. The van der Waals surface area contributed by atoms with Crippen molar-refractivity contribution in [1.29, 1.82) is 0 Å². The van der Waals surface area contributed by atoms with E-state index >= 15 is 0 Å². The van der Waals surface area contributed by atoms with Crippen LogP contribution < -0.4 is 10.6 Å². The van der Waals surface area contributed by atoms with Crippen LogP contribution in [0.5, 0.6) is 0 Å². The number of carbonyl (C=O) groups excluding carboxylic acids is 2. The number of carboxylic acids is 1. The fraction of sp³-hybridized carbons (Fsp3) is 0.400. The Morgan fingerprint density at radius 3 is 2.23 bits per heavy atom. The zero-order valence-corrected chi connectivity index (χ0v) is 19.9. The highest BCUT2D eigenvalue weighted by Crippen LogP contribution is 2.44. The molecule has 4 rings (SSSR count). The lowest BCUT2D eigenvalue weighted by Gasteiger charge is -2.20. The molecule has 1 aliphatic heterocycles. The van der Waals surface area contributed by atoms with Gasteiger partial charge in [0.05, 0.1) is 11.0 Å². The lowest BCUT2D eigenvalue weighted by Crippen LogP contribution is -2.49. The number of amides is 2. The van der Waals surface area contributed by atoms with Crippen molar-refractivity contribution in [1.82, 2.24) is 10.6 Å². The summed E-state index contributed by atoms with van der Waals surface area (Å²) in [6.45, 7) is -0.0233. The summed E-state index contributed by atoms with van der Waals surface area (Å²) < 4.78 is 29.5. The third kappa shape index (κ3) is 5.64. The molecular formula is C25H28N2O7S. The Morgan fingerprint density at radius 2 is 1.66 bits per heavy atom. The number of carbonyl (C=O) groups is 3. The highest BCUT2D eigenvalue weighted by molar-refractivity contribution is 7.92. The van der Waals surface area contributed by atoms with Crippen LogP contribution in [0.1, 0.15) is 42.7 Å². The van der Waals surface area contributed by atoms with E-state index in [1.807, 2.05) is 48.5 Å².